The Morgan fingerprint density at radius 3 is 2.29 bits per heavy atom. The van der Waals surface area contributed by atoms with Crippen LogP contribution in [-0.4, -0.2) is 27.4 Å². The highest BCUT2D eigenvalue weighted by Crippen LogP contribution is 2.30. The zero-order chi connectivity index (χ0) is 21.8. The number of nitrogens with zero attached hydrogens (tertiary/aromatic N) is 1. The summed E-state index contributed by atoms with van der Waals surface area (Å²) in [6.07, 6.45) is 1.40. The zero-order valence-corrected chi connectivity index (χ0v) is 17.2. The topological polar surface area (TPSA) is 91.3 Å². The molecule has 0 radical (unpaired) electrons. The highest BCUT2D eigenvalue weighted by atomic mass is 32.2. The Hall–Kier alpha value is -3.91. The second-order valence-electron chi connectivity index (χ2n) is 6.46. The molecule has 0 unspecified atom stereocenters. The van der Waals surface area contributed by atoms with E-state index in [1.54, 1.807) is 54.6 Å². The minimum absolute atomic E-state index is 0.00839. The molecule has 8 heteroatoms. The molecule has 0 fully saturated rings. The van der Waals surface area contributed by atoms with E-state index in [0.29, 0.717) is 16.9 Å². The van der Waals surface area contributed by atoms with Gasteiger partial charge < -0.3 is 13.7 Å². The summed E-state index contributed by atoms with van der Waals surface area (Å²) in [4.78, 5) is 16.6. The van der Waals surface area contributed by atoms with Gasteiger partial charge in [0.05, 0.1) is 7.11 Å². The maximum absolute atomic E-state index is 12.7. The Morgan fingerprint density at radius 1 is 0.935 bits per heavy atom. The van der Waals surface area contributed by atoms with Crippen LogP contribution in [0.2, 0.25) is 0 Å². The SMILES string of the molecule is COc1ccc(OS(=O)(=O)c2ccccc2)c(/C=C2\N=C(c3ccccc3)OC2=O)c1. The van der Waals surface area contributed by atoms with Gasteiger partial charge >= 0.3 is 16.1 Å². The predicted molar refractivity (Wildman–Crippen MR) is 114 cm³/mol. The maximum atomic E-state index is 12.7. The number of cyclic esters (lactones) is 1. The quantitative estimate of drug-likeness (QED) is 0.332. The van der Waals surface area contributed by atoms with Crippen molar-refractivity contribution in [3.05, 3.63) is 95.7 Å². The largest absolute Gasteiger partial charge is 0.497 e. The van der Waals surface area contributed by atoms with Gasteiger partial charge in [0, 0.05) is 11.1 Å². The Balaban J connectivity index is 1.73. The van der Waals surface area contributed by atoms with Crippen molar-refractivity contribution >= 4 is 28.1 Å². The van der Waals surface area contributed by atoms with Crippen molar-refractivity contribution in [2.45, 2.75) is 4.90 Å². The summed E-state index contributed by atoms with van der Waals surface area (Å²) in [5.74, 6) is -0.0130. The Labute approximate surface area is 179 Å². The van der Waals surface area contributed by atoms with Crippen LogP contribution in [0.25, 0.3) is 6.08 Å². The first-order valence-corrected chi connectivity index (χ1v) is 10.6. The van der Waals surface area contributed by atoms with E-state index >= 15 is 0 Å². The number of hydrogen-bond donors (Lipinski definition) is 0. The molecule has 1 heterocycles. The van der Waals surface area contributed by atoms with Crippen molar-refractivity contribution in [1.82, 2.24) is 0 Å². The molecule has 0 atom stereocenters. The van der Waals surface area contributed by atoms with Gasteiger partial charge in [-0.3, -0.25) is 0 Å². The molecule has 1 aliphatic heterocycles. The molecule has 3 aromatic carbocycles. The van der Waals surface area contributed by atoms with Crippen LogP contribution in [0.4, 0.5) is 0 Å². The molecule has 0 aliphatic carbocycles. The van der Waals surface area contributed by atoms with E-state index in [0.717, 1.165) is 0 Å². The molecule has 4 rings (SSSR count). The maximum Gasteiger partial charge on any atom is 0.363 e. The summed E-state index contributed by atoms with van der Waals surface area (Å²) in [5.41, 5.74) is 0.950. The van der Waals surface area contributed by atoms with Crippen molar-refractivity contribution in [1.29, 1.82) is 0 Å². The fourth-order valence-corrected chi connectivity index (χ4v) is 3.83. The van der Waals surface area contributed by atoms with Crippen LogP contribution in [0.3, 0.4) is 0 Å². The molecule has 0 bridgehead atoms. The third-order valence-electron chi connectivity index (χ3n) is 4.38. The lowest BCUT2D eigenvalue weighted by Crippen LogP contribution is -2.10. The van der Waals surface area contributed by atoms with Gasteiger partial charge in [-0.05, 0) is 48.5 Å². The molecular weight excluding hydrogens is 418 g/mol. The fraction of sp³-hybridized carbons (Fsp3) is 0.0435. The van der Waals surface area contributed by atoms with Gasteiger partial charge in [-0.1, -0.05) is 36.4 Å². The predicted octanol–water partition coefficient (Wildman–Crippen LogP) is 3.81. The number of rotatable bonds is 6. The molecule has 3 aromatic rings. The molecule has 1 aliphatic rings. The average molecular weight is 435 g/mol. The lowest BCUT2D eigenvalue weighted by Gasteiger charge is -2.11. The van der Waals surface area contributed by atoms with Gasteiger partial charge in [0.15, 0.2) is 11.4 Å². The number of carbonyl (C=O) groups excluding carboxylic acids is 1. The van der Waals surface area contributed by atoms with Crippen LogP contribution >= 0.6 is 0 Å². The Kier molecular flexibility index (Phi) is 5.55. The van der Waals surface area contributed by atoms with Crippen LogP contribution < -0.4 is 8.92 Å². The molecule has 0 saturated heterocycles. The first kappa shape index (κ1) is 20.4. The van der Waals surface area contributed by atoms with Crippen LogP contribution in [0.1, 0.15) is 11.1 Å². The zero-order valence-electron chi connectivity index (χ0n) is 16.4. The van der Waals surface area contributed by atoms with Gasteiger partial charge in [-0.15, -0.1) is 0 Å². The summed E-state index contributed by atoms with van der Waals surface area (Å²) >= 11 is 0. The minimum atomic E-state index is -4.08. The van der Waals surface area contributed by atoms with Crippen LogP contribution in [-0.2, 0) is 19.6 Å². The highest BCUT2D eigenvalue weighted by Gasteiger charge is 2.25. The van der Waals surface area contributed by atoms with Crippen molar-refractivity contribution in [3.63, 3.8) is 0 Å². The second kappa shape index (κ2) is 8.45. The van der Waals surface area contributed by atoms with Crippen LogP contribution in [0, 0.1) is 0 Å². The third-order valence-corrected chi connectivity index (χ3v) is 5.63. The molecule has 0 saturated carbocycles. The van der Waals surface area contributed by atoms with Gasteiger partial charge in [-0.25, -0.2) is 9.79 Å². The van der Waals surface area contributed by atoms with Gasteiger partial charge in [-0.2, -0.15) is 8.42 Å². The van der Waals surface area contributed by atoms with E-state index in [1.807, 2.05) is 6.07 Å². The molecule has 0 N–H and O–H groups in total. The summed E-state index contributed by atoms with van der Waals surface area (Å²) < 4.78 is 41.1. The molecule has 0 spiro atoms. The second-order valence-corrected chi connectivity index (χ2v) is 8.00. The van der Waals surface area contributed by atoms with E-state index in [4.69, 9.17) is 13.7 Å². The normalized spacial score (nSPS) is 14.8. The molecule has 31 heavy (non-hydrogen) atoms. The number of carbonyl (C=O) groups is 1. The summed E-state index contributed by atoms with van der Waals surface area (Å²) in [5, 5.41) is 0. The van der Waals surface area contributed by atoms with Crippen LogP contribution in [0.5, 0.6) is 11.5 Å². The number of aliphatic imine (C=N–C) groups is 1. The molecule has 0 amide bonds. The summed E-state index contributed by atoms with van der Waals surface area (Å²) in [6, 6.07) is 21.3. The average Bonchev–Trinajstić information content (AvgIpc) is 3.16. The third kappa shape index (κ3) is 4.49. The van der Waals surface area contributed by atoms with Crippen molar-refractivity contribution in [2.24, 2.45) is 4.99 Å². The van der Waals surface area contributed by atoms with Crippen molar-refractivity contribution in [2.75, 3.05) is 7.11 Å². The molecule has 7 nitrogen and oxygen atoms in total. The standard InChI is InChI=1S/C23H17NO6S/c1-28-18-12-13-21(30-31(26,27)19-10-6-3-7-11-19)17(14-18)15-20-23(25)29-22(24-20)16-8-4-2-5-9-16/h2-15H,1H3/b20-15-. The van der Waals surface area contributed by atoms with Crippen LogP contribution in [0.15, 0.2) is 94.4 Å². The number of hydrogen-bond acceptors (Lipinski definition) is 7. The Morgan fingerprint density at radius 2 is 1.61 bits per heavy atom. The molecule has 0 aromatic heterocycles. The van der Waals surface area contributed by atoms with E-state index in [-0.39, 0.29) is 22.2 Å². The molecule has 156 valence electrons. The van der Waals surface area contributed by atoms with E-state index in [2.05, 4.69) is 4.99 Å². The van der Waals surface area contributed by atoms with Gasteiger partial charge in [0.25, 0.3) is 0 Å². The first-order valence-electron chi connectivity index (χ1n) is 9.22. The highest BCUT2D eigenvalue weighted by molar-refractivity contribution is 7.87. The van der Waals surface area contributed by atoms with Crippen molar-refractivity contribution in [3.8, 4) is 11.5 Å². The summed E-state index contributed by atoms with van der Waals surface area (Å²) in [7, 11) is -2.60. The fourth-order valence-electron chi connectivity index (χ4n) is 2.86. The van der Waals surface area contributed by atoms with Gasteiger partial charge in [0.2, 0.25) is 5.90 Å². The number of benzene rings is 3. The van der Waals surface area contributed by atoms with E-state index in [9.17, 15) is 13.2 Å². The number of methoxy groups -OCH3 is 1. The molecular formula is C23H17NO6S. The van der Waals surface area contributed by atoms with Gasteiger partial charge in [0.1, 0.15) is 10.6 Å². The lowest BCUT2D eigenvalue weighted by molar-refractivity contribution is -0.129. The van der Waals surface area contributed by atoms with E-state index < -0.39 is 16.1 Å². The monoisotopic (exact) mass is 435 g/mol. The minimum Gasteiger partial charge on any atom is -0.497 e. The number of ether oxygens (including phenoxy) is 2. The number of esters is 1. The Bertz CT molecular complexity index is 1280. The van der Waals surface area contributed by atoms with E-state index in [1.165, 1.54) is 31.4 Å². The summed E-state index contributed by atoms with van der Waals surface area (Å²) in [6.45, 7) is 0. The lowest BCUT2D eigenvalue weighted by atomic mass is 10.1. The van der Waals surface area contributed by atoms with Crippen molar-refractivity contribution < 1.29 is 26.9 Å². The smallest absolute Gasteiger partial charge is 0.363 e. The first-order chi connectivity index (χ1) is 15.0.